The van der Waals surface area contributed by atoms with Crippen molar-refractivity contribution in [2.45, 2.75) is 6.92 Å². The Morgan fingerprint density at radius 1 is 0.923 bits per heavy atom. The topological polar surface area (TPSA) is 96.9 Å². The molecule has 3 N–H and O–H groups in total. The van der Waals surface area contributed by atoms with Crippen molar-refractivity contribution in [2.24, 2.45) is 0 Å². The number of amides is 2. The first-order valence-corrected chi connectivity index (χ1v) is 8.29. The molecule has 0 aromatic heterocycles. The van der Waals surface area contributed by atoms with Gasteiger partial charge in [0.05, 0.1) is 12.2 Å². The van der Waals surface area contributed by atoms with Gasteiger partial charge in [0.2, 0.25) is 0 Å². The van der Waals surface area contributed by atoms with Crippen molar-refractivity contribution in [2.75, 3.05) is 26.3 Å². The van der Waals surface area contributed by atoms with Crippen molar-refractivity contribution < 1.29 is 24.2 Å². The van der Waals surface area contributed by atoms with Crippen molar-refractivity contribution >= 4 is 11.8 Å². The van der Waals surface area contributed by atoms with Crippen LogP contribution in [-0.2, 0) is 4.79 Å². The van der Waals surface area contributed by atoms with E-state index in [0.717, 1.165) is 0 Å². The molecule has 0 saturated heterocycles. The van der Waals surface area contributed by atoms with Gasteiger partial charge in [0, 0.05) is 13.1 Å². The van der Waals surface area contributed by atoms with E-state index in [1.807, 2.05) is 13.0 Å². The van der Waals surface area contributed by atoms with Gasteiger partial charge >= 0.3 is 0 Å². The third-order valence-electron chi connectivity index (χ3n) is 3.39. The summed E-state index contributed by atoms with van der Waals surface area (Å²) in [6, 6.07) is 13.4. The Balaban J connectivity index is 1.70. The number of benzene rings is 2. The van der Waals surface area contributed by atoms with Crippen LogP contribution in [0.2, 0.25) is 0 Å². The average molecular weight is 358 g/mol. The number of phenols is 1. The standard InChI is InChI=1S/C19H22N2O5/c1-2-25-16-9-5-6-10-17(16)26-13-18(23)20-11-12-21-19(24)14-7-3-4-8-15(14)22/h3-10,22H,2,11-13H2,1H3,(H,20,23)(H,21,24). The highest BCUT2D eigenvalue weighted by atomic mass is 16.5. The minimum Gasteiger partial charge on any atom is -0.507 e. The maximum absolute atomic E-state index is 11.9. The largest absolute Gasteiger partial charge is 0.507 e. The molecule has 0 aliphatic heterocycles. The molecule has 26 heavy (non-hydrogen) atoms. The smallest absolute Gasteiger partial charge is 0.258 e. The van der Waals surface area contributed by atoms with E-state index in [0.29, 0.717) is 18.1 Å². The van der Waals surface area contributed by atoms with Gasteiger partial charge < -0.3 is 25.2 Å². The van der Waals surface area contributed by atoms with Gasteiger partial charge in [-0.3, -0.25) is 9.59 Å². The molecule has 0 saturated carbocycles. The molecule has 2 rings (SSSR count). The van der Waals surface area contributed by atoms with E-state index in [-0.39, 0.29) is 36.9 Å². The molecule has 7 nitrogen and oxygen atoms in total. The fourth-order valence-corrected chi connectivity index (χ4v) is 2.18. The zero-order chi connectivity index (χ0) is 18.8. The molecule has 0 radical (unpaired) electrons. The van der Waals surface area contributed by atoms with Gasteiger partial charge in [-0.05, 0) is 31.2 Å². The molecule has 2 amide bonds. The quantitative estimate of drug-likeness (QED) is 0.593. The van der Waals surface area contributed by atoms with E-state index < -0.39 is 5.91 Å². The van der Waals surface area contributed by atoms with Crippen LogP contribution in [-0.4, -0.2) is 43.2 Å². The van der Waals surface area contributed by atoms with Crippen LogP contribution in [0.5, 0.6) is 17.2 Å². The van der Waals surface area contributed by atoms with E-state index in [1.165, 1.54) is 12.1 Å². The molecule has 138 valence electrons. The number of ether oxygens (including phenoxy) is 2. The van der Waals surface area contributed by atoms with E-state index in [1.54, 1.807) is 30.3 Å². The highest BCUT2D eigenvalue weighted by Crippen LogP contribution is 2.26. The Kier molecular flexibility index (Phi) is 7.30. The fourth-order valence-electron chi connectivity index (χ4n) is 2.18. The Bertz CT molecular complexity index is 748. The zero-order valence-corrected chi connectivity index (χ0v) is 14.5. The van der Waals surface area contributed by atoms with Crippen LogP contribution in [0, 0.1) is 0 Å². The van der Waals surface area contributed by atoms with Crippen molar-refractivity contribution in [1.82, 2.24) is 10.6 Å². The fraction of sp³-hybridized carbons (Fsp3) is 0.263. The van der Waals surface area contributed by atoms with Crippen molar-refractivity contribution in [3.05, 3.63) is 54.1 Å². The van der Waals surface area contributed by atoms with Gasteiger partial charge in [-0.1, -0.05) is 24.3 Å². The Morgan fingerprint density at radius 2 is 1.54 bits per heavy atom. The number of hydrogen-bond acceptors (Lipinski definition) is 5. The normalized spacial score (nSPS) is 10.0. The molecule has 0 unspecified atom stereocenters. The maximum atomic E-state index is 11.9. The number of hydrogen-bond donors (Lipinski definition) is 3. The lowest BCUT2D eigenvalue weighted by atomic mass is 10.2. The molecule has 2 aromatic carbocycles. The summed E-state index contributed by atoms with van der Waals surface area (Å²) in [6.45, 7) is 2.69. The summed E-state index contributed by atoms with van der Waals surface area (Å²) in [6.07, 6.45) is 0. The van der Waals surface area contributed by atoms with Gasteiger partial charge in [0.25, 0.3) is 11.8 Å². The highest BCUT2D eigenvalue weighted by Gasteiger charge is 2.10. The van der Waals surface area contributed by atoms with Crippen LogP contribution < -0.4 is 20.1 Å². The molecule has 0 aliphatic rings. The SMILES string of the molecule is CCOc1ccccc1OCC(=O)NCCNC(=O)c1ccccc1O. The molecule has 0 heterocycles. The lowest BCUT2D eigenvalue weighted by Gasteiger charge is -2.12. The summed E-state index contributed by atoms with van der Waals surface area (Å²) in [4.78, 5) is 23.7. The van der Waals surface area contributed by atoms with Gasteiger partial charge in [-0.15, -0.1) is 0 Å². The maximum Gasteiger partial charge on any atom is 0.258 e. The number of carbonyl (C=O) groups is 2. The van der Waals surface area contributed by atoms with E-state index in [4.69, 9.17) is 9.47 Å². The highest BCUT2D eigenvalue weighted by molar-refractivity contribution is 5.96. The van der Waals surface area contributed by atoms with E-state index in [9.17, 15) is 14.7 Å². The first-order valence-electron chi connectivity index (χ1n) is 8.29. The Hall–Kier alpha value is -3.22. The van der Waals surface area contributed by atoms with E-state index >= 15 is 0 Å². The molecule has 0 bridgehead atoms. The third-order valence-corrected chi connectivity index (χ3v) is 3.39. The number of para-hydroxylation sites is 3. The third kappa shape index (κ3) is 5.70. The molecular weight excluding hydrogens is 336 g/mol. The second-order valence-electron chi connectivity index (χ2n) is 5.29. The van der Waals surface area contributed by atoms with Gasteiger partial charge in [-0.25, -0.2) is 0 Å². The molecular formula is C19H22N2O5. The summed E-state index contributed by atoms with van der Waals surface area (Å²) >= 11 is 0. The van der Waals surface area contributed by atoms with Crippen LogP contribution >= 0.6 is 0 Å². The molecule has 2 aromatic rings. The van der Waals surface area contributed by atoms with Gasteiger partial charge in [-0.2, -0.15) is 0 Å². The van der Waals surface area contributed by atoms with Crippen molar-refractivity contribution in [3.8, 4) is 17.2 Å². The predicted octanol–water partition coefficient (Wildman–Crippen LogP) is 1.72. The van der Waals surface area contributed by atoms with E-state index in [2.05, 4.69) is 10.6 Å². The summed E-state index contributed by atoms with van der Waals surface area (Å²) < 4.78 is 10.9. The summed E-state index contributed by atoms with van der Waals surface area (Å²) in [5.41, 5.74) is 0.190. The Morgan fingerprint density at radius 3 is 2.23 bits per heavy atom. The first kappa shape index (κ1) is 19.1. The zero-order valence-electron chi connectivity index (χ0n) is 14.5. The predicted molar refractivity (Wildman–Crippen MR) is 96.6 cm³/mol. The summed E-state index contributed by atoms with van der Waals surface area (Å²) in [7, 11) is 0. The first-order chi connectivity index (χ1) is 12.6. The number of aromatic hydroxyl groups is 1. The van der Waals surface area contributed by atoms with Gasteiger partial charge in [0.1, 0.15) is 5.75 Å². The monoisotopic (exact) mass is 358 g/mol. The van der Waals surface area contributed by atoms with Crippen molar-refractivity contribution in [3.63, 3.8) is 0 Å². The van der Waals surface area contributed by atoms with Crippen LogP contribution in [0.25, 0.3) is 0 Å². The van der Waals surface area contributed by atoms with Crippen LogP contribution in [0.3, 0.4) is 0 Å². The Labute approximate surface area is 151 Å². The molecule has 0 aliphatic carbocycles. The summed E-state index contributed by atoms with van der Waals surface area (Å²) in [5, 5.41) is 14.9. The average Bonchev–Trinajstić information content (AvgIpc) is 2.65. The molecule has 0 spiro atoms. The minimum atomic E-state index is -0.403. The number of carbonyl (C=O) groups excluding carboxylic acids is 2. The number of phenolic OH excluding ortho intramolecular Hbond substituents is 1. The second-order valence-corrected chi connectivity index (χ2v) is 5.29. The van der Waals surface area contributed by atoms with Crippen LogP contribution in [0.1, 0.15) is 17.3 Å². The molecule has 7 heteroatoms. The number of nitrogens with one attached hydrogen (secondary N) is 2. The molecule has 0 atom stereocenters. The lowest BCUT2D eigenvalue weighted by Crippen LogP contribution is -2.36. The summed E-state index contributed by atoms with van der Waals surface area (Å²) in [5.74, 6) is 0.276. The second kappa shape index (κ2) is 9.93. The minimum absolute atomic E-state index is 0.0876. The van der Waals surface area contributed by atoms with Crippen LogP contribution in [0.15, 0.2) is 48.5 Å². The van der Waals surface area contributed by atoms with Crippen molar-refractivity contribution in [1.29, 1.82) is 0 Å². The molecule has 0 fully saturated rings. The lowest BCUT2D eigenvalue weighted by molar-refractivity contribution is -0.123. The number of rotatable bonds is 9. The van der Waals surface area contributed by atoms with Crippen LogP contribution in [0.4, 0.5) is 0 Å². The van der Waals surface area contributed by atoms with Gasteiger partial charge in [0.15, 0.2) is 18.1 Å².